The fourth-order valence-electron chi connectivity index (χ4n) is 2.02. The molecule has 0 spiro atoms. The number of aliphatic hydroxyl groups is 1. The fourth-order valence-corrected chi connectivity index (χ4v) is 2.26. The van der Waals surface area contributed by atoms with Gasteiger partial charge in [0.1, 0.15) is 0 Å². The van der Waals surface area contributed by atoms with Crippen LogP contribution in [0.15, 0.2) is 18.5 Å². The Hall–Kier alpha value is -0.800. The van der Waals surface area contributed by atoms with E-state index in [2.05, 4.69) is 9.88 Å². The first kappa shape index (κ1) is 10.7. The van der Waals surface area contributed by atoms with Gasteiger partial charge in [0.25, 0.3) is 0 Å². The highest BCUT2D eigenvalue weighted by Gasteiger charge is 2.26. The average Bonchev–Trinajstić information content (AvgIpc) is 2.67. The monoisotopic (exact) mass is 226 g/mol. The predicted molar refractivity (Wildman–Crippen MR) is 61.2 cm³/mol. The molecule has 0 radical (unpaired) electrons. The van der Waals surface area contributed by atoms with Gasteiger partial charge in [0.05, 0.1) is 16.8 Å². The normalized spacial score (nSPS) is 23.1. The Morgan fingerprint density at radius 3 is 3.07 bits per heavy atom. The Balaban J connectivity index is 2.11. The van der Waals surface area contributed by atoms with Crippen LogP contribution >= 0.6 is 11.6 Å². The van der Waals surface area contributed by atoms with Gasteiger partial charge in [-0.3, -0.25) is 4.98 Å². The second-order valence-electron chi connectivity index (χ2n) is 4.06. The molecule has 1 aromatic rings. The van der Waals surface area contributed by atoms with E-state index in [0.717, 1.165) is 25.2 Å². The van der Waals surface area contributed by atoms with Crippen molar-refractivity contribution in [3.8, 4) is 0 Å². The first-order valence-corrected chi connectivity index (χ1v) is 5.59. The van der Waals surface area contributed by atoms with Gasteiger partial charge in [-0.2, -0.15) is 0 Å². The molecule has 0 aliphatic carbocycles. The van der Waals surface area contributed by atoms with Gasteiger partial charge >= 0.3 is 0 Å². The Labute approximate surface area is 94.7 Å². The maximum Gasteiger partial charge on any atom is 0.0822 e. The molecule has 2 unspecified atom stereocenters. The number of aliphatic hydroxyl groups excluding tert-OH is 1. The summed E-state index contributed by atoms with van der Waals surface area (Å²) in [7, 11) is 0. The Bertz CT molecular complexity index is 343. The molecule has 4 heteroatoms. The second kappa shape index (κ2) is 4.37. The van der Waals surface area contributed by atoms with E-state index in [4.69, 9.17) is 11.6 Å². The topological polar surface area (TPSA) is 36.4 Å². The number of pyridine rings is 1. The van der Waals surface area contributed by atoms with E-state index in [1.165, 1.54) is 0 Å². The van der Waals surface area contributed by atoms with Crippen molar-refractivity contribution < 1.29 is 5.11 Å². The molecule has 1 aliphatic heterocycles. The summed E-state index contributed by atoms with van der Waals surface area (Å²) in [5.41, 5.74) is 1.02. The summed E-state index contributed by atoms with van der Waals surface area (Å²) < 4.78 is 0. The van der Waals surface area contributed by atoms with Gasteiger partial charge in [-0.1, -0.05) is 11.6 Å². The quantitative estimate of drug-likeness (QED) is 0.838. The minimum atomic E-state index is -0.240. The molecule has 2 atom stereocenters. The molecule has 1 saturated heterocycles. The minimum Gasteiger partial charge on any atom is -0.393 e. The maximum atomic E-state index is 9.51. The van der Waals surface area contributed by atoms with Crippen molar-refractivity contribution in [1.82, 2.24) is 4.98 Å². The molecule has 0 bridgehead atoms. The lowest BCUT2D eigenvalue weighted by atomic mass is 10.0. The largest absolute Gasteiger partial charge is 0.393 e. The molecule has 0 aromatic carbocycles. The van der Waals surface area contributed by atoms with E-state index in [0.29, 0.717) is 10.9 Å². The third-order valence-electron chi connectivity index (χ3n) is 3.00. The standard InChI is InChI=1S/C11H15ClN2O/c1-8(15)9-3-5-14(7-9)11-2-4-13-6-10(11)12/h2,4,6,8-9,15H,3,5,7H2,1H3. The summed E-state index contributed by atoms with van der Waals surface area (Å²) in [5, 5.41) is 10.2. The molecule has 1 N–H and O–H groups in total. The number of nitrogens with zero attached hydrogens (tertiary/aromatic N) is 2. The Kier molecular flexibility index (Phi) is 3.12. The van der Waals surface area contributed by atoms with Gasteiger partial charge in [0, 0.05) is 31.4 Å². The van der Waals surface area contributed by atoms with E-state index < -0.39 is 0 Å². The van der Waals surface area contributed by atoms with Crippen molar-refractivity contribution in [2.45, 2.75) is 19.4 Å². The first-order valence-electron chi connectivity index (χ1n) is 5.21. The highest BCUT2D eigenvalue weighted by Crippen LogP contribution is 2.30. The van der Waals surface area contributed by atoms with Crippen LogP contribution in [0.1, 0.15) is 13.3 Å². The van der Waals surface area contributed by atoms with Gasteiger partial charge in [-0.25, -0.2) is 0 Å². The molecule has 1 fully saturated rings. The zero-order chi connectivity index (χ0) is 10.8. The molecule has 1 aliphatic rings. The van der Waals surface area contributed by atoms with Crippen LogP contribution in [0.3, 0.4) is 0 Å². The number of rotatable bonds is 2. The number of aromatic nitrogens is 1. The van der Waals surface area contributed by atoms with E-state index in [9.17, 15) is 5.11 Å². The minimum absolute atomic E-state index is 0.240. The molecule has 82 valence electrons. The number of hydrogen-bond acceptors (Lipinski definition) is 3. The van der Waals surface area contributed by atoms with Crippen LogP contribution in [-0.2, 0) is 0 Å². The molecule has 0 amide bonds. The zero-order valence-electron chi connectivity index (χ0n) is 8.73. The lowest BCUT2D eigenvalue weighted by Crippen LogP contribution is -2.24. The summed E-state index contributed by atoms with van der Waals surface area (Å²) in [6.07, 6.45) is 4.19. The summed E-state index contributed by atoms with van der Waals surface area (Å²) in [5.74, 6) is 0.356. The highest BCUT2D eigenvalue weighted by atomic mass is 35.5. The fraction of sp³-hybridized carbons (Fsp3) is 0.545. The van der Waals surface area contributed by atoms with E-state index in [-0.39, 0.29) is 6.10 Å². The van der Waals surface area contributed by atoms with Crippen LogP contribution in [0, 0.1) is 5.92 Å². The number of halogens is 1. The van der Waals surface area contributed by atoms with Crippen molar-refractivity contribution in [3.63, 3.8) is 0 Å². The predicted octanol–water partition coefficient (Wildman–Crippen LogP) is 1.94. The molecule has 15 heavy (non-hydrogen) atoms. The van der Waals surface area contributed by atoms with Crippen molar-refractivity contribution in [1.29, 1.82) is 0 Å². The Morgan fingerprint density at radius 1 is 1.67 bits per heavy atom. The first-order chi connectivity index (χ1) is 7.18. The third kappa shape index (κ3) is 2.24. The molecule has 1 aromatic heterocycles. The lowest BCUT2D eigenvalue weighted by molar-refractivity contribution is 0.136. The van der Waals surface area contributed by atoms with Gasteiger partial charge in [0.15, 0.2) is 0 Å². The molecular weight excluding hydrogens is 212 g/mol. The summed E-state index contributed by atoms with van der Waals surface area (Å²) in [6.45, 7) is 3.68. The van der Waals surface area contributed by atoms with Crippen LogP contribution in [0.2, 0.25) is 5.02 Å². The number of hydrogen-bond donors (Lipinski definition) is 1. The maximum absolute atomic E-state index is 9.51. The zero-order valence-corrected chi connectivity index (χ0v) is 9.48. The van der Waals surface area contributed by atoms with Crippen LogP contribution in [0.5, 0.6) is 0 Å². The molecule has 2 heterocycles. The van der Waals surface area contributed by atoms with Gasteiger partial charge in [0.2, 0.25) is 0 Å². The smallest absolute Gasteiger partial charge is 0.0822 e. The van der Waals surface area contributed by atoms with Crippen molar-refractivity contribution in [3.05, 3.63) is 23.5 Å². The van der Waals surface area contributed by atoms with Crippen LogP contribution in [0.25, 0.3) is 0 Å². The molecular formula is C11H15ClN2O. The summed E-state index contributed by atoms with van der Waals surface area (Å²) in [4.78, 5) is 6.17. The van der Waals surface area contributed by atoms with E-state index in [1.54, 1.807) is 12.4 Å². The van der Waals surface area contributed by atoms with Crippen LogP contribution < -0.4 is 4.90 Å². The highest BCUT2D eigenvalue weighted by molar-refractivity contribution is 6.33. The molecule has 2 rings (SSSR count). The second-order valence-corrected chi connectivity index (χ2v) is 4.47. The van der Waals surface area contributed by atoms with Gasteiger partial charge in [-0.15, -0.1) is 0 Å². The number of anilines is 1. The van der Waals surface area contributed by atoms with Crippen molar-refractivity contribution in [2.75, 3.05) is 18.0 Å². The molecule has 3 nitrogen and oxygen atoms in total. The van der Waals surface area contributed by atoms with Crippen LogP contribution in [-0.4, -0.2) is 29.3 Å². The molecule has 0 saturated carbocycles. The lowest BCUT2D eigenvalue weighted by Gasteiger charge is -2.20. The van der Waals surface area contributed by atoms with Crippen molar-refractivity contribution in [2.24, 2.45) is 5.92 Å². The van der Waals surface area contributed by atoms with Gasteiger partial charge < -0.3 is 10.0 Å². The average molecular weight is 227 g/mol. The summed E-state index contributed by atoms with van der Waals surface area (Å²) in [6, 6.07) is 1.92. The van der Waals surface area contributed by atoms with E-state index in [1.807, 2.05) is 13.0 Å². The van der Waals surface area contributed by atoms with Crippen LogP contribution in [0.4, 0.5) is 5.69 Å². The van der Waals surface area contributed by atoms with Gasteiger partial charge in [-0.05, 0) is 19.4 Å². The Morgan fingerprint density at radius 2 is 2.47 bits per heavy atom. The van der Waals surface area contributed by atoms with Crippen molar-refractivity contribution >= 4 is 17.3 Å². The third-order valence-corrected chi connectivity index (χ3v) is 3.29. The SMILES string of the molecule is CC(O)C1CCN(c2ccncc2Cl)C1. The van der Waals surface area contributed by atoms with E-state index >= 15 is 0 Å². The summed E-state index contributed by atoms with van der Waals surface area (Å²) >= 11 is 6.06.